The standard InChI is InChI=1S/C12H10Br2FNS/c13-8-3-7(4-9(15)5-8)11(16)6-12-10(14)1-2-17-12/h1-5,11H,6,16H2. The fraction of sp³-hybridized carbons (Fsp3) is 0.167. The molecule has 0 aliphatic heterocycles. The van der Waals surface area contributed by atoms with Crippen molar-refractivity contribution in [1.82, 2.24) is 0 Å². The molecular weight excluding hydrogens is 369 g/mol. The van der Waals surface area contributed by atoms with Gasteiger partial charge >= 0.3 is 0 Å². The molecule has 0 saturated heterocycles. The normalized spacial score (nSPS) is 12.7. The van der Waals surface area contributed by atoms with Crippen LogP contribution in [0.3, 0.4) is 0 Å². The van der Waals surface area contributed by atoms with Crippen molar-refractivity contribution in [3.63, 3.8) is 0 Å². The second kappa shape index (κ2) is 5.61. The first-order valence-corrected chi connectivity index (χ1v) is 7.46. The third-order valence-corrected chi connectivity index (χ3v) is 4.82. The van der Waals surface area contributed by atoms with Gasteiger partial charge in [-0.3, -0.25) is 0 Å². The van der Waals surface area contributed by atoms with Gasteiger partial charge in [-0.05, 0) is 51.1 Å². The molecule has 2 aromatic rings. The van der Waals surface area contributed by atoms with E-state index in [1.165, 1.54) is 17.0 Å². The molecule has 1 aromatic heterocycles. The van der Waals surface area contributed by atoms with E-state index >= 15 is 0 Å². The van der Waals surface area contributed by atoms with Crippen LogP contribution in [-0.2, 0) is 6.42 Å². The molecule has 1 unspecified atom stereocenters. The molecule has 0 fully saturated rings. The van der Waals surface area contributed by atoms with E-state index in [1.807, 2.05) is 17.5 Å². The van der Waals surface area contributed by atoms with Crippen LogP contribution < -0.4 is 5.73 Å². The number of benzene rings is 1. The summed E-state index contributed by atoms with van der Waals surface area (Å²) >= 11 is 8.39. The molecule has 0 amide bonds. The maximum Gasteiger partial charge on any atom is 0.124 e. The van der Waals surface area contributed by atoms with Crippen LogP contribution in [0.4, 0.5) is 4.39 Å². The quantitative estimate of drug-likeness (QED) is 0.826. The summed E-state index contributed by atoms with van der Waals surface area (Å²) in [6, 6.07) is 6.56. The second-order valence-corrected chi connectivity index (χ2v) is 6.48. The smallest absolute Gasteiger partial charge is 0.124 e. The summed E-state index contributed by atoms with van der Waals surface area (Å²) < 4.78 is 15.0. The van der Waals surface area contributed by atoms with Crippen LogP contribution in [0.1, 0.15) is 16.5 Å². The third-order valence-electron chi connectivity index (χ3n) is 2.41. The van der Waals surface area contributed by atoms with E-state index in [4.69, 9.17) is 5.73 Å². The van der Waals surface area contributed by atoms with Crippen LogP contribution in [0, 0.1) is 5.82 Å². The van der Waals surface area contributed by atoms with Gasteiger partial charge in [-0.25, -0.2) is 4.39 Å². The van der Waals surface area contributed by atoms with E-state index in [9.17, 15) is 4.39 Å². The highest BCUT2D eigenvalue weighted by atomic mass is 79.9. The van der Waals surface area contributed by atoms with Crippen molar-refractivity contribution in [1.29, 1.82) is 0 Å². The Kier molecular flexibility index (Phi) is 4.36. The molecule has 1 aromatic carbocycles. The molecule has 0 bridgehead atoms. The van der Waals surface area contributed by atoms with E-state index in [1.54, 1.807) is 11.3 Å². The first-order valence-electron chi connectivity index (χ1n) is 4.99. The lowest BCUT2D eigenvalue weighted by molar-refractivity contribution is 0.618. The van der Waals surface area contributed by atoms with E-state index < -0.39 is 0 Å². The molecule has 1 atom stereocenters. The van der Waals surface area contributed by atoms with Gasteiger partial charge in [-0.2, -0.15) is 0 Å². The fourth-order valence-corrected chi connectivity index (χ4v) is 3.63. The van der Waals surface area contributed by atoms with Crippen molar-refractivity contribution >= 4 is 43.2 Å². The number of thiophene rings is 1. The topological polar surface area (TPSA) is 26.0 Å². The van der Waals surface area contributed by atoms with E-state index in [2.05, 4.69) is 31.9 Å². The molecule has 1 heterocycles. The zero-order chi connectivity index (χ0) is 12.4. The van der Waals surface area contributed by atoms with Crippen LogP contribution in [0.15, 0.2) is 38.6 Å². The zero-order valence-corrected chi connectivity index (χ0v) is 12.8. The molecule has 0 aliphatic carbocycles. The van der Waals surface area contributed by atoms with Crippen molar-refractivity contribution in [3.8, 4) is 0 Å². The predicted molar refractivity (Wildman–Crippen MR) is 76.8 cm³/mol. The summed E-state index contributed by atoms with van der Waals surface area (Å²) in [4.78, 5) is 1.18. The number of hydrogen-bond donors (Lipinski definition) is 1. The summed E-state index contributed by atoms with van der Waals surface area (Å²) in [5, 5.41) is 2.01. The fourth-order valence-electron chi connectivity index (χ4n) is 1.58. The Bertz CT molecular complexity index is 507. The molecule has 5 heteroatoms. The molecule has 1 nitrogen and oxygen atoms in total. The number of rotatable bonds is 3. The molecule has 90 valence electrons. The van der Waals surface area contributed by atoms with E-state index in [0.29, 0.717) is 10.9 Å². The van der Waals surface area contributed by atoms with Crippen LogP contribution >= 0.6 is 43.2 Å². The minimum absolute atomic E-state index is 0.197. The Hall–Kier alpha value is -0.230. The highest BCUT2D eigenvalue weighted by Gasteiger charge is 2.12. The summed E-state index contributed by atoms with van der Waals surface area (Å²) in [6.07, 6.45) is 0.703. The maximum absolute atomic E-state index is 13.3. The Morgan fingerprint density at radius 2 is 2.06 bits per heavy atom. The van der Waals surface area contributed by atoms with Crippen molar-refractivity contribution < 1.29 is 4.39 Å². The maximum atomic E-state index is 13.3. The molecule has 0 radical (unpaired) electrons. The summed E-state index contributed by atoms with van der Waals surface area (Å²) in [6.45, 7) is 0. The monoisotopic (exact) mass is 377 g/mol. The Morgan fingerprint density at radius 1 is 1.29 bits per heavy atom. The van der Waals surface area contributed by atoms with Crippen molar-refractivity contribution in [2.75, 3.05) is 0 Å². The van der Waals surface area contributed by atoms with Gasteiger partial charge in [0.2, 0.25) is 0 Å². The van der Waals surface area contributed by atoms with Gasteiger partial charge in [-0.15, -0.1) is 11.3 Å². The number of halogens is 3. The molecule has 0 saturated carbocycles. The first-order chi connectivity index (χ1) is 8.06. The Balaban J connectivity index is 2.20. The highest BCUT2D eigenvalue weighted by Crippen LogP contribution is 2.28. The lowest BCUT2D eigenvalue weighted by atomic mass is 10.0. The minimum atomic E-state index is -0.268. The van der Waals surface area contributed by atoms with E-state index in [0.717, 1.165) is 10.0 Å². The van der Waals surface area contributed by atoms with Gasteiger partial charge < -0.3 is 5.73 Å². The van der Waals surface area contributed by atoms with Crippen molar-refractivity contribution in [2.45, 2.75) is 12.5 Å². The lowest BCUT2D eigenvalue weighted by Gasteiger charge is -2.12. The average Bonchev–Trinajstić information content (AvgIpc) is 2.63. The molecule has 2 rings (SSSR count). The minimum Gasteiger partial charge on any atom is -0.324 e. The van der Waals surface area contributed by atoms with Crippen molar-refractivity contribution in [3.05, 3.63) is 54.8 Å². The number of nitrogens with two attached hydrogens (primary N) is 1. The Morgan fingerprint density at radius 3 is 2.65 bits per heavy atom. The molecule has 0 aliphatic rings. The largest absolute Gasteiger partial charge is 0.324 e. The van der Waals surface area contributed by atoms with Crippen molar-refractivity contribution in [2.24, 2.45) is 5.73 Å². The molecular formula is C12H10Br2FNS. The van der Waals surface area contributed by atoms with Crippen LogP contribution in [0.5, 0.6) is 0 Å². The molecule has 17 heavy (non-hydrogen) atoms. The summed E-state index contributed by atoms with van der Waals surface area (Å²) in [5.74, 6) is -0.268. The highest BCUT2D eigenvalue weighted by molar-refractivity contribution is 9.10. The van der Waals surface area contributed by atoms with Gasteiger partial charge in [0.25, 0.3) is 0 Å². The summed E-state index contributed by atoms with van der Waals surface area (Å²) in [7, 11) is 0. The van der Waals surface area contributed by atoms with Gasteiger partial charge in [0, 0.05) is 26.3 Å². The summed E-state index contributed by atoms with van der Waals surface area (Å²) in [5.41, 5.74) is 6.89. The lowest BCUT2D eigenvalue weighted by Crippen LogP contribution is -2.13. The van der Waals surface area contributed by atoms with Gasteiger partial charge in [0.05, 0.1) is 0 Å². The van der Waals surface area contributed by atoms with Gasteiger partial charge in [0.1, 0.15) is 5.82 Å². The van der Waals surface area contributed by atoms with Crippen LogP contribution in [0.2, 0.25) is 0 Å². The van der Waals surface area contributed by atoms with Crippen LogP contribution in [-0.4, -0.2) is 0 Å². The van der Waals surface area contributed by atoms with Gasteiger partial charge in [-0.1, -0.05) is 15.9 Å². The van der Waals surface area contributed by atoms with Gasteiger partial charge in [0.15, 0.2) is 0 Å². The molecule has 2 N–H and O–H groups in total. The first kappa shape index (κ1) is 13.2. The third kappa shape index (κ3) is 3.37. The molecule has 0 spiro atoms. The van der Waals surface area contributed by atoms with Crippen LogP contribution in [0.25, 0.3) is 0 Å². The SMILES string of the molecule is NC(Cc1sccc1Br)c1cc(F)cc(Br)c1. The zero-order valence-electron chi connectivity index (χ0n) is 8.79. The number of hydrogen-bond acceptors (Lipinski definition) is 2. The predicted octanol–water partition coefficient (Wildman–Crippen LogP) is 4.65. The Labute approximate surface area is 120 Å². The van der Waals surface area contributed by atoms with E-state index in [-0.39, 0.29) is 11.9 Å². The second-order valence-electron chi connectivity index (χ2n) is 3.71. The average molecular weight is 379 g/mol.